The van der Waals surface area contributed by atoms with E-state index in [0.29, 0.717) is 22.7 Å². The third kappa shape index (κ3) is 2.56. The molecule has 0 bridgehead atoms. The molecule has 0 unspecified atom stereocenters. The van der Waals surface area contributed by atoms with Crippen LogP contribution in [0.5, 0.6) is 0 Å². The van der Waals surface area contributed by atoms with Gasteiger partial charge in [-0.2, -0.15) is 0 Å². The summed E-state index contributed by atoms with van der Waals surface area (Å²) in [6.45, 7) is 0. The summed E-state index contributed by atoms with van der Waals surface area (Å²) in [7, 11) is 0. The van der Waals surface area contributed by atoms with Gasteiger partial charge in [-0.15, -0.1) is 0 Å². The van der Waals surface area contributed by atoms with Gasteiger partial charge in [0.1, 0.15) is 0 Å². The largest absolute Gasteiger partial charge is 0.478 e. The van der Waals surface area contributed by atoms with E-state index in [4.69, 9.17) is 22.9 Å². The van der Waals surface area contributed by atoms with Crippen molar-refractivity contribution < 1.29 is 9.90 Å². The molecule has 0 atom stereocenters. The smallest absolute Gasteiger partial charge is 0.335 e. The molecule has 1 aliphatic carbocycles. The summed E-state index contributed by atoms with van der Waals surface area (Å²) in [6, 6.07) is 24.4. The number of nitrogen functional groups attached to an aromatic ring is 4. The summed E-state index contributed by atoms with van der Waals surface area (Å²) in [6.07, 6.45) is 0. The first kappa shape index (κ1) is 19.5. The molecule has 6 heteroatoms. The van der Waals surface area contributed by atoms with Crippen molar-refractivity contribution in [1.29, 1.82) is 0 Å². The Balaban J connectivity index is 1.96. The SMILES string of the molecule is Nc1ccc(C2(c3ccc(N)c(N)c3)c3ccccc3-c3cc(C(=O)O)ccc32)cc1N. The summed E-state index contributed by atoms with van der Waals surface area (Å²) in [4.78, 5) is 11.7. The molecule has 0 saturated heterocycles. The standard InChI is InChI=1S/C26H22N4O2/c27-21-9-6-15(12-23(21)29)26(16-7-10-22(28)24(30)13-16)19-4-2-1-3-17(19)18-11-14(25(31)32)5-8-20(18)26/h1-13H,27-30H2,(H,31,32). The van der Waals surface area contributed by atoms with Gasteiger partial charge in [-0.1, -0.05) is 42.5 Å². The van der Waals surface area contributed by atoms with Crippen molar-refractivity contribution in [2.45, 2.75) is 5.41 Å². The lowest BCUT2D eigenvalue weighted by Crippen LogP contribution is -2.29. The molecule has 4 aromatic rings. The number of nitrogens with two attached hydrogens (primary N) is 4. The van der Waals surface area contributed by atoms with Gasteiger partial charge in [-0.3, -0.25) is 0 Å². The van der Waals surface area contributed by atoms with Gasteiger partial charge < -0.3 is 28.0 Å². The van der Waals surface area contributed by atoms with Crippen LogP contribution in [-0.4, -0.2) is 11.1 Å². The second-order valence-corrected chi connectivity index (χ2v) is 8.05. The summed E-state index contributed by atoms with van der Waals surface area (Å²) < 4.78 is 0. The van der Waals surface area contributed by atoms with Crippen LogP contribution in [0.15, 0.2) is 78.9 Å². The minimum atomic E-state index is -0.976. The number of aromatic carboxylic acids is 1. The Bertz CT molecular complexity index is 1360. The molecule has 4 aromatic carbocycles. The van der Waals surface area contributed by atoms with Gasteiger partial charge in [-0.25, -0.2) is 4.79 Å². The highest BCUT2D eigenvalue weighted by Crippen LogP contribution is 2.56. The second kappa shape index (κ2) is 6.78. The van der Waals surface area contributed by atoms with Crippen molar-refractivity contribution in [2.24, 2.45) is 0 Å². The van der Waals surface area contributed by atoms with Crippen LogP contribution < -0.4 is 22.9 Å². The zero-order valence-electron chi connectivity index (χ0n) is 17.2. The van der Waals surface area contributed by atoms with Gasteiger partial charge in [0.15, 0.2) is 0 Å². The van der Waals surface area contributed by atoms with Crippen LogP contribution in [0.1, 0.15) is 32.6 Å². The van der Waals surface area contributed by atoms with E-state index in [9.17, 15) is 9.90 Å². The lowest BCUT2D eigenvalue weighted by molar-refractivity contribution is 0.0697. The van der Waals surface area contributed by atoms with Gasteiger partial charge >= 0.3 is 5.97 Å². The molecule has 0 aliphatic heterocycles. The van der Waals surface area contributed by atoms with Crippen molar-refractivity contribution in [3.63, 3.8) is 0 Å². The number of benzene rings is 4. The van der Waals surface area contributed by atoms with Crippen molar-refractivity contribution in [2.75, 3.05) is 22.9 Å². The molecule has 0 heterocycles. The second-order valence-electron chi connectivity index (χ2n) is 8.05. The quantitative estimate of drug-likeness (QED) is 0.277. The molecule has 0 aromatic heterocycles. The Morgan fingerprint density at radius 2 is 1.19 bits per heavy atom. The molecule has 6 nitrogen and oxygen atoms in total. The zero-order valence-corrected chi connectivity index (χ0v) is 17.2. The highest BCUT2D eigenvalue weighted by atomic mass is 16.4. The van der Waals surface area contributed by atoms with Crippen LogP contribution in [0.25, 0.3) is 11.1 Å². The van der Waals surface area contributed by atoms with Crippen molar-refractivity contribution in [3.8, 4) is 11.1 Å². The van der Waals surface area contributed by atoms with Crippen LogP contribution in [0.3, 0.4) is 0 Å². The van der Waals surface area contributed by atoms with Crippen molar-refractivity contribution >= 4 is 28.7 Å². The van der Waals surface area contributed by atoms with Gasteiger partial charge in [0.05, 0.1) is 33.7 Å². The predicted molar refractivity (Wildman–Crippen MR) is 128 cm³/mol. The number of fused-ring (bicyclic) bond motifs is 3. The molecule has 9 N–H and O–H groups in total. The molecule has 0 radical (unpaired) electrons. The number of rotatable bonds is 3. The summed E-state index contributed by atoms with van der Waals surface area (Å²) in [5.41, 5.74) is 31.5. The maximum atomic E-state index is 11.7. The first-order valence-corrected chi connectivity index (χ1v) is 10.1. The van der Waals surface area contributed by atoms with Gasteiger partial charge in [0, 0.05) is 0 Å². The molecular formula is C26H22N4O2. The number of carboxylic acids is 1. The number of carbonyl (C=O) groups is 1. The first-order chi connectivity index (χ1) is 15.3. The van der Waals surface area contributed by atoms with Gasteiger partial charge in [0.2, 0.25) is 0 Å². The number of hydrogen-bond donors (Lipinski definition) is 5. The monoisotopic (exact) mass is 422 g/mol. The third-order valence-electron chi connectivity index (χ3n) is 6.33. The lowest BCUT2D eigenvalue weighted by atomic mass is 9.67. The van der Waals surface area contributed by atoms with Gasteiger partial charge in [0.25, 0.3) is 0 Å². The molecule has 1 aliphatic rings. The van der Waals surface area contributed by atoms with E-state index < -0.39 is 11.4 Å². The topological polar surface area (TPSA) is 141 Å². The van der Waals surface area contributed by atoms with E-state index in [-0.39, 0.29) is 5.56 Å². The molecule has 0 saturated carbocycles. The van der Waals surface area contributed by atoms with Crippen molar-refractivity contribution in [1.82, 2.24) is 0 Å². The minimum absolute atomic E-state index is 0.225. The fraction of sp³-hybridized carbons (Fsp3) is 0.0385. The average molecular weight is 422 g/mol. The summed E-state index contributed by atoms with van der Waals surface area (Å²) >= 11 is 0. The molecule has 0 fully saturated rings. The minimum Gasteiger partial charge on any atom is -0.478 e. The molecule has 158 valence electrons. The fourth-order valence-corrected chi connectivity index (χ4v) is 4.82. The van der Waals surface area contributed by atoms with Crippen LogP contribution in [0.2, 0.25) is 0 Å². The Labute approximate surface area is 185 Å². The van der Waals surface area contributed by atoms with Crippen molar-refractivity contribution in [3.05, 3.63) is 107 Å². The molecule has 0 amide bonds. The van der Waals surface area contributed by atoms with Crippen LogP contribution in [0.4, 0.5) is 22.7 Å². The van der Waals surface area contributed by atoms with Crippen LogP contribution in [-0.2, 0) is 5.41 Å². The maximum Gasteiger partial charge on any atom is 0.335 e. The number of hydrogen-bond acceptors (Lipinski definition) is 5. The Hall–Kier alpha value is -4.45. The van der Waals surface area contributed by atoms with E-state index in [0.717, 1.165) is 33.4 Å². The third-order valence-corrected chi connectivity index (χ3v) is 6.33. The molecule has 5 rings (SSSR count). The van der Waals surface area contributed by atoms with E-state index >= 15 is 0 Å². The van der Waals surface area contributed by atoms with E-state index in [1.165, 1.54) is 0 Å². The molecule has 32 heavy (non-hydrogen) atoms. The Morgan fingerprint density at radius 3 is 1.75 bits per heavy atom. The predicted octanol–water partition coefficient (Wildman–Crippen LogP) is 4.08. The summed E-state index contributed by atoms with van der Waals surface area (Å²) in [5.74, 6) is -0.976. The van der Waals surface area contributed by atoms with Gasteiger partial charge in [-0.05, 0) is 69.8 Å². The molecular weight excluding hydrogens is 400 g/mol. The number of carboxylic acid groups (broad SMARTS) is 1. The van der Waals surface area contributed by atoms with E-state index in [1.54, 1.807) is 24.3 Å². The van der Waals surface area contributed by atoms with Crippen LogP contribution in [0, 0.1) is 0 Å². The van der Waals surface area contributed by atoms with E-state index in [1.807, 2.05) is 48.5 Å². The fourth-order valence-electron chi connectivity index (χ4n) is 4.82. The maximum absolute atomic E-state index is 11.7. The Kier molecular flexibility index (Phi) is 4.14. The van der Waals surface area contributed by atoms with E-state index in [2.05, 4.69) is 6.07 Å². The highest BCUT2D eigenvalue weighted by Gasteiger charge is 2.46. The molecule has 0 spiro atoms. The average Bonchev–Trinajstić information content (AvgIpc) is 3.08. The first-order valence-electron chi connectivity index (χ1n) is 10.1. The summed E-state index contributed by atoms with van der Waals surface area (Å²) in [5, 5.41) is 9.60. The lowest BCUT2D eigenvalue weighted by Gasteiger charge is -2.34. The van der Waals surface area contributed by atoms with Crippen LogP contribution >= 0.6 is 0 Å². The zero-order chi connectivity index (χ0) is 22.6. The Morgan fingerprint density at radius 1 is 0.625 bits per heavy atom. The normalized spacial score (nSPS) is 13.4. The highest BCUT2D eigenvalue weighted by molar-refractivity contribution is 5.94. The number of anilines is 4.